The van der Waals surface area contributed by atoms with Crippen LogP contribution in [0.2, 0.25) is 0 Å². The topological polar surface area (TPSA) is 228 Å². The number of carbonyl (C=O) groups excluding carboxylic acids is 1. The molecular formula is C53H97NO13. The fourth-order valence-electron chi connectivity index (χ4n) is 8.71. The lowest BCUT2D eigenvalue weighted by Crippen LogP contribution is -2.65. The summed E-state index contributed by atoms with van der Waals surface area (Å²) in [6.07, 6.45) is 28.5. The van der Waals surface area contributed by atoms with Crippen molar-refractivity contribution in [3.63, 3.8) is 0 Å². The summed E-state index contributed by atoms with van der Waals surface area (Å²) in [6.45, 7) is 2.81. The Morgan fingerprint density at radius 1 is 0.537 bits per heavy atom. The molecule has 0 radical (unpaired) electrons. The van der Waals surface area contributed by atoms with E-state index in [1.54, 1.807) is 0 Å². The Hall–Kier alpha value is -1.79. The van der Waals surface area contributed by atoms with Crippen LogP contribution in [0, 0.1) is 0 Å². The first-order chi connectivity index (χ1) is 32.6. The van der Waals surface area contributed by atoms with E-state index in [9.17, 15) is 45.6 Å². The first-order valence-corrected chi connectivity index (χ1v) is 26.7. The van der Waals surface area contributed by atoms with E-state index in [4.69, 9.17) is 18.9 Å². The van der Waals surface area contributed by atoms with Gasteiger partial charge in [-0.3, -0.25) is 4.79 Å². The van der Waals surface area contributed by atoms with Crippen molar-refractivity contribution in [2.75, 3.05) is 19.8 Å². The van der Waals surface area contributed by atoms with Crippen molar-refractivity contribution in [1.82, 2.24) is 5.32 Å². The zero-order chi connectivity index (χ0) is 48.9. The molecule has 9 N–H and O–H groups in total. The highest BCUT2D eigenvalue weighted by molar-refractivity contribution is 5.76. The average molecular weight is 956 g/mol. The third-order valence-electron chi connectivity index (χ3n) is 13.1. The van der Waals surface area contributed by atoms with Gasteiger partial charge in [-0.05, 0) is 51.4 Å². The Kier molecular flexibility index (Phi) is 36.5. The molecule has 0 aliphatic carbocycles. The predicted octanol–water partition coefficient (Wildman–Crippen LogP) is 7.49. The molecule has 14 nitrogen and oxygen atoms in total. The smallest absolute Gasteiger partial charge is 0.220 e. The number of ether oxygens (including phenoxy) is 4. The van der Waals surface area contributed by atoms with Crippen molar-refractivity contribution >= 4 is 5.91 Å². The van der Waals surface area contributed by atoms with Crippen molar-refractivity contribution in [2.24, 2.45) is 0 Å². The summed E-state index contributed by atoms with van der Waals surface area (Å²) in [6, 6.07) is -0.834. The highest BCUT2D eigenvalue weighted by Crippen LogP contribution is 2.30. The molecule has 2 heterocycles. The molecule has 392 valence electrons. The van der Waals surface area contributed by atoms with Gasteiger partial charge >= 0.3 is 0 Å². The second-order valence-electron chi connectivity index (χ2n) is 19.0. The van der Waals surface area contributed by atoms with E-state index >= 15 is 0 Å². The molecule has 12 atom stereocenters. The van der Waals surface area contributed by atoms with Crippen LogP contribution in [0.25, 0.3) is 0 Å². The van der Waals surface area contributed by atoms with Gasteiger partial charge in [0.2, 0.25) is 5.91 Å². The Balaban J connectivity index is 1.82. The van der Waals surface area contributed by atoms with Crippen LogP contribution in [0.1, 0.15) is 200 Å². The molecule has 0 spiro atoms. The van der Waals surface area contributed by atoms with Gasteiger partial charge in [-0.2, -0.15) is 0 Å². The second kappa shape index (κ2) is 39.9. The minimum absolute atomic E-state index is 0.220. The SMILES string of the molecule is CCCCC/C=C\C/C=C\C/C=C\CCCCCCCCC(=O)NC(COC1OC(CO)C(OC2OC(CO)C(O)C(O)C2O)C(O)C1O)C(O)CCCCCCCCCCCCCCCC. The van der Waals surface area contributed by atoms with Gasteiger partial charge in [0.1, 0.15) is 48.8 Å². The number of rotatable bonds is 41. The van der Waals surface area contributed by atoms with Gasteiger partial charge in [0.25, 0.3) is 0 Å². The van der Waals surface area contributed by atoms with Crippen LogP contribution in [0.3, 0.4) is 0 Å². The number of amides is 1. The molecule has 1 amide bonds. The minimum Gasteiger partial charge on any atom is -0.394 e. The zero-order valence-corrected chi connectivity index (χ0v) is 41.6. The summed E-state index contributed by atoms with van der Waals surface area (Å²) < 4.78 is 22.8. The normalized spacial score (nSPS) is 26.8. The van der Waals surface area contributed by atoms with Crippen LogP contribution in [0.15, 0.2) is 36.5 Å². The molecule has 0 bridgehead atoms. The van der Waals surface area contributed by atoms with Crippen LogP contribution in [0.5, 0.6) is 0 Å². The average Bonchev–Trinajstić information content (AvgIpc) is 3.32. The van der Waals surface area contributed by atoms with E-state index < -0.39 is 86.8 Å². The lowest BCUT2D eigenvalue weighted by molar-refractivity contribution is -0.359. The molecule has 14 heteroatoms. The standard InChI is InChI=1S/C53H97NO13/c1-3-5-7-9-11-13-15-17-19-20-21-22-23-25-27-29-31-33-35-37-45(58)54-41(42(57)36-34-32-30-28-26-24-18-16-14-12-10-8-6-4-2)40-64-52-50(63)48(61)51(44(39-56)66-52)67-53-49(62)47(60)46(59)43(38-55)65-53/h11,13,17,19,21-22,41-44,46-53,55-57,59-63H,3-10,12,14-16,18,20,23-40H2,1-2H3,(H,54,58)/b13-11-,19-17-,22-21-. The summed E-state index contributed by atoms with van der Waals surface area (Å²) in [5.74, 6) is -0.220. The molecule has 0 aromatic carbocycles. The molecule has 2 aliphatic heterocycles. The fourth-order valence-corrected chi connectivity index (χ4v) is 8.71. The van der Waals surface area contributed by atoms with Gasteiger partial charge in [-0.1, -0.05) is 179 Å². The van der Waals surface area contributed by atoms with Crippen LogP contribution in [-0.4, -0.2) is 140 Å². The summed E-state index contributed by atoms with van der Waals surface area (Å²) in [7, 11) is 0. The summed E-state index contributed by atoms with van der Waals surface area (Å²) in [4.78, 5) is 13.2. The molecule has 0 aromatic rings. The Morgan fingerprint density at radius 2 is 0.985 bits per heavy atom. The largest absolute Gasteiger partial charge is 0.394 e. The molecule has 12 unspecified atom stereocenters. The number of aliphatic hydroxyl groups excluding tert-OH is 8. The highest BCUT2D eigenvalue weighted by atomic mass is 16.7. The molecule has 2 rings (SSSR count). The lowest BCUT2D eigenvalue weighted by atomic mass is 9.97. The fraction of sp³-hybridized carbons (Fsp3) is 0.868. The van der Waals surface area contributed by atoms with E-state index in [0.29, 0.717) is 12.8 Å². The molecule has 67 heavy (non-hydrogen) atoms. The third kappa shape index (κ3) is 26.8. The van der Waals surface area contributed by atoms with Gasteiger partial charge < -0.3 is 65.1 Å². The number of hydrogen-bond donors (Lipinski definition) is 9. The minimum atomic E-state index is -1.78. The number of carbonyl (C=O) groups is 1. The van der Waals surface area contributed by atoms with Gasteiger partial charge in [0.15, 0.2) is 12.6 Å². The van der Waals surface area contributed by atoms with Crippen molar-refractivity contribution in [3.8, 4) is 0 Å². The summed E-state index contributed by atoms with van der Waals surface area (Å²) in [5.41, 5.74) is 0. The van der Waals surface area contributed by atoms with Crippen molar-refractivity contribution in [3.05, 3.63) is 36.5 Å². The first-order valence-electron chi connectivity index (χ1n) is 26.7. The van der Waals surface area contributed by atoms with E-state index in [-0.39, 0.29) is 18.9 Å². The molecule has 2 saturated heterocycles. The maximum Gasteiger partial charge on any atom is 0.220 e. The number of aliphatic hydroxyl groups is 8. The second-order valence-corrected chi connectivity index (χ2v) is 19.0. The van der Waals surface area contributed by atoms with Crippen molar-refractivity contribution < 1.29 is 64.6 Å². The highest BCUT2D eigenvalue weighted by Gasteiger charge is 2.51. The van der Waals surface area contributed by atoms with Crippen LogP contribution < -0.4 is 5.32 Å². The van der Waals surface area contributed by atoms with E-state index in [2.05, 4.69) is 55.6 Å². The Morgan fingerprint density at radius 3 is 1.54 bits per heavy atom. The molecule has 0 saturated carbocycles. The number of nitrogens with one attached hydrogen (secondary N) is 1. The summed E-state index contributed by atoms with van der Waals surface area (Å²) in [5, 5.41) is 87.0. The molecule has 2 fully saturated rings. The number of hydrogen-bond acceptors (Lipinski definition) is 13. The molecular weight excluding hydrogens is 859 g/mol. The third-order valence-corrected chi connectivity index (χ3v) is 13.1. The van der Waals surface area contributed by atoms with Gasteiger partial charge in [-0.15, -0.1) is 0 Å². The van der Waals surface area contributed by atoms with Crippen LogP contribution in [0.4, 0.5) is 0 Å². The van der Waals surface area contributed by atoms with Crippen molar-refractivity contribution in [2.45, 2.75) is 274 Å². The number of unbranched alkanes of at least 4 members (excludes halogenated alkanes) is 22. The lowest BCUT2D eigenvalue weighted by Gasteiger charge is -2.46. The maximum absolute atomic E-state index is 13.2. The van der Waals surface area contributed by atoms with Gasteiger partial charge in [0, 0.05) is 6.42 Å². The molecule has 2 aliphatic rings. The summed E-state index contributed by atoms with van der Waals surface area (Å²) >= 11 is 0. The Bertz CT molecular complexity index is 1270. The van der Waals surface area contributed by atoms with E-state index in [1.807, 2.05) is 0 Å². The molecule has 0 aromatic heterocycles. The maximum atomic E-state index is 13.2. The van der Waals surface area contributed by atoms with E-state index in [1.165, 1.54) is 89.9 Å². The first kappa shape index (κ1) is 61.3. The zero-order valence-electron chi connectivity index (χ0n) is 41.6. The monoisotopic (exact) mass is 956 g/mol. The quantitative estimate of drug-likeness (QED) is 0.0214. The van der Waals surface area contributed by atoms with Crippen molar-refractivity contribution in [1.29, 1.82) is 0 Å². The number of allylic oxidation sites excluding steroid dienone is 6. The van der Waals surface area contributed by atoms with E-state index in [0.717, 1.165) is 77.0 Å². The van der Waals surface area contributed by atoms with Gasteiger partial charge in [-0.25, -0.2) is 0 Å². The Labute approximate surface area is 404 Å². The van der Waals surface area contributed by atoms with Gasteiger partial charge in [0.05, 0.1) is 32.0 Å². The predicted molar refractivity (Wildman–Crippen MR) is 263 cm³/mol. The van der Waals surface area contributed by atoms with Crippen LogP contribution in [-0.2, 0) is 23.7 Å². The van der Waals surface area contributed by atoms with Crippen LogP contribution >= 0.6 is 0 Å².